The van der Waals surface area contributed by atoms with Gasteiger partial charge in [0.05, 0.1) is 17.7 Å². The molecular formula is C25H26FN3O2. The van der Waals surface area contributed by atoms with E-state index in [9.17, 15) is 14.3 Å². The molecule has 1 aliphatic carbocycles. The minimum absolute atomic E-state index is 0.235. The molecule has 2 aromatic heterocycles. The van der Waals surface area contributed by atoms with Crippen molar-refractivity contribution >= 4 is 5.91 Å². The number of aryl methyl sites for hydroxylation is 2. The molecule has 160 valence electrons. The Morgan fingerprint density at radius 3 is 2.65 bits per heavy atom. The second-order valence-electron chi connectivity index (χ2n) is 8.02. The summed E-state index contributed by atoms with van der Waals surface area (Å²) in [5.41, 5.74) is 3.98. The Labute approximate surface area is 181 Å². The second kappa shape index (κ2) is 9.79. The summed E-state index contributed by atoms with van der Waals surface area (Å²) in [6.45, 7) is 0. The molecule has 0 bridgehead atoms. The van der Waals surface area contributed by atoms with Gasteiger partial charge in [0.25, 0.3) is 5.91 Å². The number of hydrogen-bond donors (Lipinski definition) is 2. The molecule has 0 saturated heterocycles. The lowest BCUT2D eigenvalue weighted by Crippen LogP contribution is -2.45. The highest BCUT2D eigenvalue weighted by Gasteiger charge is 2.25. The molecule has 31 heavy (non-hydrogen) atoms. The lowest BCUT2D eigenvalue weighted by atomic mass is 9.92. The topological polar surface area (TPSA) is 75.1 Å². The Morgan fingerprint density at radius 1 is 1.10 bits per heavy atom. The Morgan fingerprint density at radius 2 is 1.90 bits per heavy atom. The third kappa shape index (κ3) is 5.33. The van der Waals surface area contributed by atoms with Crippen LogP contribution in [-0.4, -0.2) is 33.1 Å². The van der Waals surface area contributed by atoms with E-state index >= 15 is 0 Å². The summed E-state index contributed by atoms with van der Waals surface area (Å²) in [6.07, 6.45) is 9.51. The number of aromatic nitrogens is 2. The molecule has 1 saturated carbocycles. The standard InChI is InChI=1S/C25H26FN3O2/c26-20-10-8-18(9-11-20)21-14-19(25(31)29-23-5-1-2-6-24(23)30)16-28-22(21)12-7-17-4-3-13-27-15-17/h3-4,8-11,13-16,23-24,30H,1-2,5-7,12H2,(H,29,31). The molecule has 2 unspecified atom stereocenters. The van der Waals surface area contributed by atoms with E-state index in [1.54, 1.807) is 24.5 Å². The predicted octanol–water partition coefficient (Wildman–Crippen LogP) is 4.10. The molecular weight excluding hydrogens is 393 g/mol. The first-order valence-corrected chi connectivity index (χ1v) is 10.7. The summed E-state index contributed by atoms with van der Waals surface area (Å²) in [5.74, 6) is -0.561. The number of nitrogens with zero attached hydrogens (tertiary/aromatic N) is 2. The van der Waals surface area contributed by atoms with Gasteiger partial charge in [0, 0.05) is 29.8 Å². The zero-order valence-corrected chi connectivity index (χ0v) is 17.3. The molecule has 2 heterocycles. The maximum absolute atomic E-state index is 13.5. The van der Waals surface area contributed by atoms with Crippen LogP contribution in [0.2, 0.25) is 0 Å². The van der Waals surface area contributed by atoms with Crippen molar-refractivity contribution in [2.75, 3.05) is 0 Å². The van der Waals surface area contributed by atoms with Crippen molar-refractivity contribution in [3.63, 3.8) is 0 Å². The summed E-state index contributed by atoms with van der Waals surface area (Å²) >= 11 is 0. The van der Waals surface area contributed by atoms with Crippen LogP contribution in [0.4, 0.5) is 4.39 Å². The molecule has 0 radical (unpaired) electrons. The molecule has 6 heteroatoms. The van der Waals surface area contributed by atoms with E-state index in [-0.39, 0.29) is 17.8 Å². The fraction of sp³-hybridized carbons (Fsp3) is 0.320. The maximum atomic E-state index is 13.5. The first kappa shape index (κ1) is 21.1. The van der Waals surface area contributed by atoms with Crippen LogP contribution in [-0.2, 0) is 12.8 Å². The average Bonchev–Trinajstić information content (AvgIpc) is 2.80. The normalized spacial score (nSPS) is 18.5. The smallest absolute Gasteiger partial charge is 0.253 e. The van der Waals surface area contributed by atoms with Gasteiger partial charge < -0.3 is 10.4 Å². The van der Waals surface area contributed by atoms with Gasteiger partial charge in [0.1, 0.15) is 5.82 Å². The largest absolute Gasteiger partial charge is 0.391 e. The minimum atomic E-state index is -0.513. The summed E-state index contributed by atoms with van der Waals surface area (Å²) in [5, 5.41) is 13.1. The van der Waals surface area contributed by atoms with E-state index in [1.807, 2.05) is 24.4 Å². The van der Waals surface area contributed by atoms with Crippen molar-refractivity contribution in [3.8, 4) is 11.1 Å². The van der Waals surface area contributed by atoms with Crippen LogP contribution in [0, 0.1) is 5.82 Å². The first-order valence-electron chi connectivity index (χ1n) is 10.7. The van der Waals surface area contributed by atoms with Gasteiger partial charge in [-0.2, -0.15) is 0 Å². The summed E-state index contributed by atoms with van der Waals surface area (Å²) < 4.78 is 13.5. The highest BCUT2D eigenvalue weighted by atomic mass is 19.1. The number of aliphatic hydroxyl groups excluding tert-OH is 1. The number of carbonyl (C=O) groups excluding carboxylic acids is 1. The fourth-order valence-electron chi connectivity index (χ4n) is 4.04. The Balaban J connectivity index is 1.59. The van der Waals surface area contributed by atoms with Crippen molar-refractivity contribution in [1.82, 2.24) is 15.3 Å². The summed E-state index contributed by atoms with van der Waals surface area (Å²) in [6, 6.07) is 11.7. The number of rotatable bonds is 6. The van der Waals surface area contributed by atoms with Gasteiger partial charge in [0.15, 0.2) is 0 Å². The van der Waals surface area contributed by atoms with Crippen LogP contribution in [0.1, 0.15) is 47.3 Å². The number of amides is 1. The summed E-state index contributed by atoms with van der Waals surface area (Å²) in [7, 11) is 0. The van der Waals surface area contributed by atoms with Crippen molar-refractivity contribution in [2.24, 2.45) is 0 Å². The molecule has 0 aliphatic heterocycles. The van der Waals surface area contributed by atoms with E-state index in [2.05, 4.69) is 15.3 Å². The van der Waals surface area contributed by atoms with Crippen LogP contribution in [0.5, 0.6) is 0 Å². The molecule has 1 amide bonds. The van der Waals surface area contributed by atoms with Crippen molar-refractivity contribution in [2.45, 2.75) is 50.7 Å². The van der Waals surface area contributed by atoms with E-state index in [1.165, 1.54) is 12.1 Å². The third-order valence-corrected chi connectivity index (χ3v) is 5.81. The Hall–Kier alpha value is -3.12. The minimum Gasteiger partial charge on any atom is -0.391 e. The van der Waals surface area contributed by atoms with Gasteiger partial charge >= 0.3 is 0 Å². The van der Waals surface area contributed by atoms with E-state index < -0.39 is 6.10 Å². The van der Waals surface area contributed by atoms with Gasteiger partial charge in [0.2, 0.25) is 0 Å². The lowest BCUT2D eigenvalue weighted by Gasteiger charge is -2.28. The van der Waals surface area contributed by atoms with Gasteiger partial charge in [-0.25, -0.2) is 4.39 Å². The predicted molar refractivity (Wildman–Crippen MR) is 117 cm³/mol. The first-order chi connectivity index (χ1) is 15.1. The van der Waals surface area contributed by atoms with Gasteiger partial charge in [-0.15, -0.1) is 0 Å². The molecule has 1 aliphatic rings. The van der Waals surface area contributed by atoms with Crippen molar-refractivity contribution < 1.29 is 14.3 Å². The third-order valence-electron chi connectivity index (χ3n) is 5.81. The number of benzene rings is 1. The second-order valence-corrected chi connectivity index (χ2v) is 8.02. The van der Waals surface area contributed by atoms with Crippen LogP contribution in [0.3, 0.4) is 0 Å². The molecule has 1 fully saturated rings. The van der Waals surface area contributed by atoms with Crippen molar-refractivity contribution in [1.29, 1.82) is 0 Å². The number of pyridine rings is 2. The number of aliphatic hydroxyl groups is 1. The SMILES string of the molecule is O=C(NC1CCCCC1O)c1cnc(CCc2cccnc2)c(-c2ccc(F)cc2)c1. The van der Waals surface area contributed by atoms with E-state index in [4.69, 9.17) is 0 Å². The quantitative estimate of drug-likeness (QED) is 0.631. The Kier molecular flexibility index (Phi) is 6.67. The van der Waals surface area contributed by atoms with Crippen LogP contribution in [0.15, 0.2) is 61.1 Å². The number of halogens is 1. The van der Waals surface area contributed by atoms with Gasteiger partial charge in [-0.1, -0.05) is 31.0 Å². The molecule has 3 aromatic rings. The fourth-order valence-corrected chi connectivity index (χ4v) is 4.04. The van der Waals surface area contributed by atoms with Crippen LogP contribution < -0.4 is 5.32 Å². The molecule has 2 atom stereocenters. The molecule has 0 spiro atoms. The zero-order chi connectivity index (χ0) is 21.6. The average molecular weight is 420 g/mol. The zero-order valence-electron chi connectivity index (χ0n) is 17.3. The van der Waals surface area contributed by atoms with Gasteiger partial charge in [-0.05, 0) is 61.1 Å². The number of nitrogens with one attached hydrogen (secondary N) is 1. The number of hydrogen-bond acceptors (Lipinski definition) is 4. The number of carbonyl (C=O) groups is 1. The maximum Gasteiger partial charge on any atom is 0.253 e. The van der Waals surface area contributed by atoms with Crippen LogP contribution in [0.25, 0.3) is 11.1 Å². The highest BCUT2D eigenvalue weighted by molar-refractivity contribution is 5.95. The monoisotopic (exact) mass is 419 g/mol. The molecule has 2 N–H and O–H groups in total. The van der Waals surface area contributed by atoms with Crippen molar-refractivity contribution in [3.05, 3.63) is 83.7 Å². The highest BCUT2D eigenvalue weighted by Crippen LogP contribution is 2.26. The molecule has 1 aromatic carbocycles. The Bertz CT molecular complexity index is 1020. The van der Waals surface area contributed by atoms with Gasteiger partial charge in [-0.3, -0.25) is 14.8 Å². The van der Waals surface area contributed by atoms with Crippen LogP contribution >= 0.6 is 0 Å². The summed E-state index contributed by atoms with van der Waals surface area (Å²) in [4.78, 5) is 21.6. The lowest BCUT2D eigenvalue weighted by molar-refractivity contribution is 0.0717. The molecule has 5 nitrogen and oxygen atoms in total. The van der Waals surface area contributed by atoms with E-state index in [0.29, 0.717) is 18.4 Å². The van der Waals surface area contributed by atoms with E-state index in [0.717, 1.165) is 48.1 Å². The molecule has 4 rings (SSSR count).